The molecule has 0 heterocycles. The number of carbonyl (C=O) groups excluding carboxylic acids is 1. The Bertz CT molecular complexity index is 722. The Morgan fingerprint density at radius 1 is 0.909 bits per heavy atom. The Morgan fingerprint density at radius 2 is 1.41 bits per heavy atom. The van der Waals surface area contributed by atoms with Gasteiger partial charge in [0.25, 0.3) is 0 Å². The Morgan fingerprint density at radius 3 is 1.91 bits per heavy atom. The summed E-state index contributed by atoms with van der Waals surface area (Å²) in [5.74, 6) is -2.56. The molecule has 0 amide bonds. The van der Waals surface area contributed by atoms with Gasteiger partial charge in [-0.1, -0.05) is 12.1 Å². The van der Waals surface area contributed by atoms with E-state index in [-0.39, 0.29) is 28.2 Å². The van der Waals surface area contributed by atoms with E-state index in [2.05, 4.69) is 0 Å². The first-order valence-electron chi connectivity index (χ1n) is 6.28. The van der Waals surface area contributed by atoms with Crippen LogP contribution in [-0.4, -0.2) is 31.1 Å². The summed E-state index contributed by atoms with van der Waals surface area (Å²) < 4.78 is 24.2. The van der Waals surface area contributed by atoms with Crippen molar-refractivity contribution in [3.63, 3.8) is 0 Å². The first-order valence-corrected chi connectivity index (χ1v) is 6.28. The Hall–Kier alpha value is -2.89. The number of halogens is 1. The number of methoxy groups -OCH3 is 2. The molecule has 0 aliphatic carbocycles. The topological polar surface area (TPSA) is 72.8 Å². The van der Waals surface area contributed by atoms with Crippen LogP contribution in [0.25, 0.3) is 0 Å². The SMILES string of the molecule is COc1ccc(OC)c(C(=O)c2ccc(C(=O)O)cc2)c1F. The number of benzene rings is 2. The van der Waals surface area contributed by atoms with Gasteiger partial charge in [-0.25, -0.2) is 9.18 Å². The molecule has 5 nitrogen and oxygen atoms in total. The van der Waals surface area contributed by atoms with Gasteiger partial charge in [0.15, 0.2) is 17.3 Å². The van der Waals surface area contributed by atoms with Crippen molar-refractivity contribution in [2.24, 2.45) is 0 Å². The molecule has 0 saturated heterocycles. The summed E-state index contributed by atoms with van der Waals surface area (Å²) in [6.45, 7) is 0. The third kappa shape index (κ3) is 2.76. The number of carboxylic acid groups (broad SMARTS) is 1. The number of ether oxygens (including phenoxy) is 2. The van der Waals surface area contributed by atoms with Crippen molar-refractivity contribution in [1.29, 1.82) is 0 Å². The average molecular weight is 304 g/mol. The van der Waals surface area contributed by atoms with Crippen molar-refractivity contribution in [1.82, 2.24) is 0 Å². The fourth-order valence-corrected chi connectivity index (χ4v) is 1.99. The lowest BCUT2D eigenvalue weighted by atomic mass is 10.00. The fraction of sp³-hybridized carbons (Fsp3) is 0.125. The molecule has 2 aromatic rings. The van der Waals surface area contributed by atoms with E-state index in [1.807, 2.05) is 0 Å². The van der Waals surface area contributed by atoms with Crippen molar-refractivity contribution >= 4 is 11.8 Å². The van der Waals surface area contributed by atoms with Crippen LogP contribution < -0.4 is 9.47 Å². The van der Waals surface area contributed by atoms with Gasteiger partial charge in [-0.15, -0.1) is 0 Å². The van der Waals surface area contributed by atoms with Crippen LogP contribution in [0.2, 0.25) is 0 Å². The van der Waals surface area contributed by atoms with Crippen molar-refractivity contribution in [3.8, 4) is 11.5 Å². The molecule has 0 fully saturated rings. The zero-order chi connectivity index (χ0) is 16.3. The Balaban J connectivity index is 2.50. The van der Waals surface area contributed by atoms with Gasteiger partial charge >= 0.3 is 5.97 Å². The highest BCUT2D eigenvalue weighted by Crippen LogP contribution is 2.30. The van der Waals surface area contributed by atoms with Crippen LogP contribution in [-0.2, 0) is 0 Å². The molecule has 0 radical (unpaired) electrons. The minimum absolute atomic E-state index is 0.0367. The van der Waals surface area contributed by atoms with E-state index < -0.39 is 17.6 Å². The van der Waals surface area contributed by atoms with Crippen molar-refractivity contribution in [2.45, 2.75) is 0 Å². The second kappa shape index (κ2) is 6.26. The average Bonchev–Trinajstić information content (AvgIpc) is 2.53. The van der Waals surface area contributed by atoms with Crippen LogP contribution >= 0.6 is 0 Å². The summed E-state index contributed by atoms with van der Waals surface area (Å²) in [5.41, 5.74) is -0.0741. The van der Waals surface area contributed by atoms with Gasteiger partial charge in [0.2, 0.25) is 0 Å². The van der Waals surface area contributed by atoms with Crippen LogP contribution in [0.3, 0.4) is 0 Å². The highest BCUT2D eigenvalue weighted by Gasteiger charge is 2.23. The monoisotopic (exact) mass is 304 g/mol. The highest BCUT2D eigenvalue weighted by molar-refractivity contribution is 6.11. The fourth-order valence-electron chi connectivity index (χ4n) is 1.99. The summed E-state index contributed by atoms with van der Waals surface area (Å²) in [7, 11) is 2.62. The summed E-state index contributed by atoms with van der Waals surface area (Å²) in [6.07, 6.45) is 0. The lowest BCUT2D eigenvalue weighted by Gasteiger charge is -2.11. The van der Waals surface area contributed by atoms with Crippen LogP contribution in [0.1, 0.15) is 26.3 Å². The van der Waals surface area contributed by atoms with E-state index >= 15 is 0 Å². The van der Waals surface area contributed by atoms with Gasteiger partial charge in [-0.2, -0.15) is 0 Å². The second-order valence-electron chi connectivity index (χ2n) is 4.37. The summed E-state index contributed by atoms with van der Waals surface area (Å²) in [4.78, 5) is 23.3. The molecule has 0 spiro atoms. The van der Waals surface area contributed by atoms with Gasteiger partial charge < -0.3 is 14.6 Å². The van der Waals surface area contributed by atoms with Crippen LogP contribution in [0.15, 0.2) is 36.4 Å². The van der Waals surface area contributed by atoms with Crippen LogP contribution in [0, 0.1) is 5.82 Å². The third-order valence-electron chi connectivity index (χ3n) is 3.13. The predicted octanol–water partition coefficient (Wildman–Crippen LogP) is 2.77. The van der Waals surface area contributed by atoms with E-state index in [1.165, 1.54) is 50.6 Å². The summed E-state index contributed by atoms with van der Waals surface area (Å²) >= 11 is 0. The number of rotatable bonds is 5. The predicted molar refractivity (Wildman–Crippen MR) is 76.3 cm³/mol. The minimum atomic E-state index is -1.11. The molecule has 0 aromatic heterocycles. The maximum atomic E-state index is 14.3. The first-order chi connectivity index (χ1) is 10.5. The number of hydrogen-bond donors (Lipinski definition) is 1. The molecule has 0 aliphatic heterocycles. The highest BCUT2D eigenvalue weighted by atomic mass is 19.1. The molecule has 6 heteroatoms. The largest absolute Gasteiger partial charge is 0.496 e. The Labute approximate surface area is 125 Å². The molecule has 114 valence electrons. The van der Waals surface area contributed by atoms with Crippen molar-refractivity contribution in [3.05, 3.63) is 58.9 Å². The van der Waals surface area contributed by atoms with E-state index in [4.69, 9.17) is 14.6 Å². The molecule has 1 N–H and O–H groups in total. The van der Waals surface area contributed by atoms with Gasteiger partial charge in [-0.05, 0) is 24.3 Å². The molecule has 22 heavy (non-hydrogen) atoms. The van der Waals surface area contributed by atoms with Crippen molar-refractivity contribution in [2.75, 3.05) is 14.2 Å². The maximum Gasteiger partial charge on any atom is 0.335 e. The van der Waals surface area contributed by atoms with Crippen LogP contribution in [0.5, 0.6) is 11.5 Å². The minimum Gasteiger partial charge on any atom is -0.496 e. The van der Waals surface area contributed by atoms with E-state index in [0.29, 0.717) is 0 Å². The zero-order valence-electron chi connectivity index (χ0n) is 11.9. The first kappa shape index (κ1) is 15.5. The van der Waals surface area contributed by atoms with Crippen LogP contribution in [0.4, 0.5) is 4.39 Å². The zero-order valence-corrected chi connectivity index (χ0v) is 11.9. The number of ketones is 1. The van der Waals surface area contributed by atoms with E-state index in [0.717, 1.165) is 0 Å². The summed E-state index contributed by atoms with van der Waals surface area (Å²) in [6, 6.07) is 7.99. The normalized spacial score (nSPS) is 10.1. The standard InChI is InChI=1S/C16H13FO5/c1-21-11-7-8-12(22-2)14(17)13(11)15(18)9-3-5-10(6-4-9)16(19)20/h3-8H,1-2H3,(H,19,20). The quantitative estimate of drug-likeness (QED) is 0.860. The smallest absolute Gasteiger partial charge is 0.335 e. The summed E-state index contributed by atoms with van der Waals surface area (Å²) in [5, 5.41) is 8.84. The van der Waals surface area contributed by atoms with Gasteiger partial charge in [-0.3, -0.25) is 4.79 Å². The molecule has 0 unspecified atom stereocenters. The molecule has 2 rings (SSSR count). The van der Waals surface area contributed by atoms with Crippen molar-refractivity contribution < 1.29 is 28.6 Å². The number of carboxylic acids is 1. The lowest BCUT2D eigenvalue weighted by Crippen LogP contribution is -2.09. The van der Waals surface area contributed by atoms with Gasteiger partial charge in [0, 0.05) is 5.56 Å². The lowest BCUT2D eigenvalue weighted by molar-refractivity contribution is 0.0696. The molecule has 0 bridgehead atoms. The second-order valence-corrected chi connectivity index (χ2v) is 4.37. The van der Waals surface area contributed by atoms with Gasteiger partial charge in [0.1, 0.15) is 11.3 Å². The number of aromatic carboxylic acids is 1. The molecule has 0 atom stereocenters. The number of carbonyl (C=O) groups is 2. The molecular weight excluding hydrogens is 291 g/mol. The third-order valence-corrected chi connectivity index (χ3v) is 3.13. The van der Waals surface area contributed by atoms with Gasteiger partial charge in [0.05, 0.1) is 19.8 Å². The van der Waals surface area contributed by atoms with E-state index in [1.54, 1.807) is 0 Å². The molecular formula is C16H13FO5. The number of hydrogen-bond acceptors (Lipinski definition) is 4. The molecule has 0 saturated carbocycles. The molecule has 0 aliphatic rings. The molecule has 2 aromatic carbocycles. The van der Waals surface area contributed by atoms with E-state index in [9.17, 15) is 14.0 Å². The Kier molecular flexibility index (Phi) is 4.41. The maximum absolute atomic E-state index is 14.3.